The first-order chi connectivity index (χ1) is 9.18. The van der Waals surface area contributed by atoms with Crippen molar-refractivity contribution in [1.82, 2.24) is 4.98 Å². The van der Waals surface area contributed by atoms with Gasteiger partial charge in [-0.25, -0.2) is 10.1 Å². The van der Waals surface area contributed by atoms with Gasteiger partial charge in [-0.3, -0.25) is 4.79 Å². The summed E-state index contributed by atoms with van der Waals surface area (Å²) >= 11 is 0. The first-order valence-electron chi connectivity index (χ1n) is 5.56. The molecule has 0 saturated carbocycles. The second kappa shape index (κ2) is 6.65. The van der Waals surface area contributed by atoms with Crippen molar-refractivity contribution in [3.8, 4) is 0 Å². The molecule has 8 N–H and O–H groups in total. The molecule has 0 aliphatic carbocycles. The summed E-state index contributed by atoms with van der Waals surface area (Å²) in [5.74, 6) is -0.972. The van der Waals surface area contributed by atoms with Gasteiger partial charge in [0.1, 0.15) is 6.04 Å². The summed E-state index contributed by atoms with van der Waals surface area (Å²) in [4.78, 5) is 28.5. The summed E-state index contributed by atoms with van der Waals surface area (Å²) in [5.41, 5.74) is 11.5. The maximum absolute atomic E-state index is 10.6. The number of fused-ring (bicyclic) bond motifs is 1. The first kappa shape index (κ1) is 16.4. The Morgan fingerprint density at radius 2 is 1.90 bits per heavy atom. The fraction of sp³-hybridized carbons (Fsp3) is 0.182. The number of benzene rings is 1. The Balaban J connectivity index is 0.000000347. The van der Waals surface area contributed by atoms with E-state index in [-0.39, 0.29) is 0 Å². The molecule has 0 bridgehead atoms. The van der Waals surface area contributed by atoms with E-state index in [9.17, 15) is 4.79 Å². The molecular formula is C11H16N3O5P. The third-order valence-corrected chi connectivity index (χ3v) is 2.43. The van der Waals surface area contributed by atoms with E-state index in [0.717, 1.165) is 16.5 Å². The number of carboxylic acid groups (broad SMARTS) is 1. The quantitative estimate of drug-likeness (QED) is 0.440. The topological polar surface area (TPSA) is 163 Å². The molecule has 1 heterocycles. The Bertz CT molecular complexity index is 628. The van der Waals surface area contributed by atoms with Crippen molar-refractivity contribution in [3.05, 3.63) is 36.0 Å². The number of hydrogen-bond acceptors (Lipinski definition) is 3. The molecule has 9 heteroatoms. The zero-order valence-electron chi connectivity index (χ0n) is 10.4. The SMILES string of the molecule is NP(=O)(O)O.N[C@H](Cc1c[nH]c2ccccc12)C(=O)O. The molecule has 2 rings (SSSR count). The van der Waals surface area contributed by atoms with Gasteiger partial charge in [-0.2, -0.15) is 0 Å². The van der Waals surface area contributed by atoms with E-state index in [2.05, 4.69) is 10.5 Å². The molecule has 0 spiro atoms. The van der Waals surface area contributed by atoms with Crippen molar-refractivity contribution in [2.75, 3.05) is 0 Å². The average molecular weight is 301 g/mol. The second-order valence-electron chi connectivity index (χ2n) is 4.10. The van der Waals surface area contributed by atoms with Crippen LogP contribution in [0.1, 0.15) is 5.56 Å². The summed E-state index contributed by atoms with van der Waals surface area (Å²) < 4.78 is 9.10. The number of H-pyrrole nitrogens is 1. The van der Waals surface area contributed by atoms with Gasteiger partial charge in [-0.15, -0.1) is 0 Å². The molecule has 8 nitrogen and oxygen atoms in total. The molecule has 0 amide bonds. The fourth-order valence-electron chi connectivity index (χ4n) is 1.62. The normalized spacial score (nSPS) is 12.6. The van der Waals surface area contributed by atoms with Crippen LogP contribution in [0.4, 0.5) is 0 Å². The monoisotopic (exact) mass is 301 g/mol. The zero-order chi connectivity index (χ0) is 15.3. The third-order valence-electron chi connectivity index (χ3n) is 2.43. The Kier molecular flexibility index (Phi) is 5.43. The minimum Gasteiger partial charge on any atom is -0.480 e. The highest BCUT2D eigenvalue weighted by molar-refractivity contribution is 7.49. The summed E-state index contributed by atoms with van der Waals surface area (Å²) in [6.45, 7) is 0. The van der Waals surface area contributed by atoms with E-state index in [1.54, 1.807) is 0 Å². The van der Waals surface area contributed by atoms with Gasteiger partial charge in [-0.05, 0) is 11.6 Å². The van der Waals surface area contributed by atoms with Crippen LogP contribution in [0, 0.1) is 0 Å². The van der Waals surface area contributed by atoms with Crippen LogP contribution in [0.3, 0.4) is 0 Å². The molecule has 20 heavy (non-hydrogen) atoms. The largest absolute Gasteiger partial charge is 0.480 e. The Morgan fingerprint density at radius 1 is 1.35 bits per heavy atom. The molecular weight excluding hydrogens is 285 g/mol. The minimum atomic E-state index is -4.14. The van der Waals surface area contributed by atoms with Gasteiger partial charge in [-0.1, -0.05) is 18.2 Å². The first-order valence-corrected chi connectivity index (χ1v) is 7.24. The zero-order valence-corrected chi connectivity index (χ0v) is 11.3. The molecule has 0 saturated heterocycles. The lowest BCUT2D eigenvalue weighted by Crippen LogP contribution is -2.32. The van der Waals surface area contributed by atoms with Crippen molar-refractivity contribution < 1.29 is 24.3 Å². The average Bonchev–Trinajstić information content (AvgIpc) is 2.70. The van der Waals surface area contributed by atoms with Crippen molar-refractivity contribution in [3.63, 3.8) is 0 Å². The lowest BCUT2D eigenvalue weighted by Gasteiger charge is -2.04. The number of carboxylic acids is 1. The van der Waals surface area contributed by atoms with Gasteiger partial charge in [0.05, 0.1) is 0 Å². The highest BCUT2D eigenvalue weighted by Gasteiger charge is 2.14. The number of aliphatic carboxylic acids is 1. The fourth-order valence-corrected chi connectivity index (χ4v) is 1.62. The molecule has 2 aromatic rings. The maximum atomic E-state index is 10.6. The van der Waals surface area contributed by atoms with Crippen molar-refractivity contribution >= 4 is 24.6 Å². The maximum Gasteiger partial charge on any atom is 0.397 e. The van der Waals surface area contributed by atoms with Crippen LogP contribution in [0.2, 0.25) is 0 Å². The van der Waals surface area contributed by atoms with E-state index in [4.69, 9.17) is 25.2 Å². The molecule has 110 valence electrons. The number of aromatic amines is 1. The number of carbonyl (C=O) groups is 1. The Labute approximate surface area is 114 Å². The molecule has 1 aromatic heterocycles. The van der Waals surface area contributed by atoms with Crippen LogP contribution in [-0.4, -0.2) is 31.9 Å². The number of hydrogen-bond donors (Lipinski definition) is 6. The van der Waals surface area contributed by atoms with E-state index in [1.165, 1.54) is 0 Å². The van der Waals surface area contributed by atoms with Crippen LogP contribution >= 0.6 is 7.75 Å². The van der Waals surface area contributed by atoms with E-state index < -0.39 is 19.8 Å². The van der Waals surface area contributed by atoms with Gasteiger partial charge >= 0.3 is 13.7 Å². The van der Waals surface area contributed by atoms with Gasteiger partial charge in [0.2, 0.25) is 0 Å². The lowest BCUT2D eigenvalue weighted by molar-refractivity contribution is -0.138. The Hall–Kier alpha value is -1.70. The van der Waals surface area contributed by atoms with Gasteiger partial charge < -0.3 is 25.6 Å². The molecule has 0 unspecified atom stereocenters. The smallest absolute Gasteiger partial charge is 0.397 e. The highest BCUT2D eigenvalue weighted by atomic mass is 31.2. The van der Waals surface area contributed by atoms with Crippen LogP contribution in [0.15, 0.2) is 30.5 Å². The van der Waals surface area contributed by atoms with Crippen LogP contribution in [-0.2, 0) is 15.8 Å². The van der Waals surface area contributed by atoms with Crippen molar-refractivity contribution in [2.45, 2.75) is 12.5 Å². The van der Waals surface area contributed by atoms with Gasteiger partial charge in [0.15, 0.2) is 0 Å². The lowest BCUT2D eigenvalue weighted by atomic mass is 10.1. The van der Waals surface area contributed by atoms with Crippen molar-refractivity contribution in [1.29, 1.82) is 0 Å². The van der Waals surface area contributed by atoms with Gasteiger partial charge in [0, 0.05) is 23.5 Å². The number of nitrogens with one attached hydrogen (secondary N) is 1. The van der Waals surface area contributed by atoms with Gasteiger partial charge in [0.25, 0.3) is 0 Å². The predicted molar refractivity (Wildman–Crippen MR) is 73.8 cm³/mol. The second-order valence-corrected chi connectivity index (χ2v) is 5.28. The summed E-state index contributed by atoms with van der Waals surface area (Å²) in [7, 11) is -4.14. The van der Waals surface area contributed by atoms with E-state index in [0.29, 0.717) is 6.42 Å². The van der Waals surface area contributed by atoms with Crippen LogP contribution in [0.25, 0.3) is 10.9 Å². The number of nitrogens with two attached hydrogens (primary N) is 2. The third kappa shape index (κ3) is 5.52. The van der Waals surface area contributed by atoms with E-state index >= 15 is 0 Å². The van der Waals surface area contributed by atoms with Crippen LogP contribution < -0.4 is 11.2 Å². The molecule has 0 aliphatic heterocycles. The summed E-state index contributed by atoms with van der Waals surface area (Å²) in [5, 5.41) is 9.75. The molecule has 0 aliphatic rings. The Morgan fingerprint density at radius 3 is 2.45 bits per heavy atom. The summed E-state index contributed by atoms with van der Waals surface area (Å²) in [6, 6.07) is 6.91. The number of aromatic nitrogens is 1. The number of para-hydroxylation sites is 1. The van der Waals surface area contributed by atoms with Crippen LogP contribution in [0.5, 0.6) is 0 Å². The van der Waals surface area contributed by atoms with E-state index in [1.807, 2.05) is 30.5 Å². The predicted octanol–water partition coefficient (Wildman–Crippen LogP) is 0.160. The number of rotatable bonds is 3. The molecule has 0 fully saturated rings. The van der Waals surface area contributed by atoms with Crippen molar-refractivity contribution in [2.24, 2.45) is 11.2 Å². The molecule has 1 aromatic carbocycles. The summed E-state index contributed by atoms with van der Waals surface area (Å²) in [6.07, 6.45) is 2.16. The highest BCUT2D eigenvalue weighted by Crippen LogP contribution is 2.20. The minimum absolute atomic E-state index is 0.347. The molecule has 1 atom stereocenters. The standard InChI is InChI=1S/C11H12N2O2.H4NO3P/c12-9(11(14)15)5-7-6-13-10-4-2-1-3-8(7)10;1-5(2,3)4/h1-4,6,9,13H,5,12H2,(H,14,15);(H4,1,2,3,4)/t9-;/m1./s1. The molecule has 0 radical (unpaired) electrons.